The van der Waals surface area contributed by atoms with E-state index in [0.717, 1.165) is 29.1 Å². The highest BCUT2D eigenvalue weighted by Crippen LogP contribution is 2.18. The van der Waals surface area contributed by atoms with E-state index in [4.69, 9.17) is 17.3 Å². The molecule has 1 rings (SSSR count). The molecule has 1 aromatic rings. The van der Waals surface area contributed by atoms with Crippen LogP contribution < -0.4 is 5.73 Å². The van der Waals surface area contributed by atoms with Gasteiger partial charge in [0.15, 0.2) is 0 Å². The highest BCUT2D eigenvalue weighted by molar-refractivity contribution is 6.31. The van der Waals surface area contributed by atoms with Crippen molar-refractivity contribution in [1.82, 2.24) is 4.98 Å². The van der Waals surface area contributed by atoms with E-state index in [-0.39, 0.29) is 0 Å². The number of nitrogens with zero attached hydrogens (tertiary/aromatic N) is 1. The Morgan fingerprint density at radius 3 is 2.92 bits per heavy atom. The SMILES string of the molecule is Cc1nccc(Cl)c1CCCN. The molecule has 1 heterocycles. The van der Waals surface area contributed by atoms with Gasteiger partial charge in [0.25, 0.3) is 0 Å². The fraction of sp³-hybridized carbons (Fsp3) is 0.444. The van der Waals surface area contributed by atoms with Crippen molar-refractivity contribution < 1.29 is 0 Å². The fourth-order valence-corrected chi connectivity index (χ4v) is 1.43. The molecule has 0 saturated carbocycles. The molecular formula is C9H13ClN2. The highest BCUT2D eigenvalue weighted by Gasteiger charge is 2.02. The lowest BCUT2D eigenvalue weighted by atomic mass is 10.1. The zero-order chi connectivity index (χ0) is 8.97. The van der Waals surface area contributed by atoms with E-state index in [0.29, 0.717) is 6.54 Å². The molecule has 3 heteroatoms. The maximum atomic E-state index is 5.98. The first kappa shape index (κ1) is 9.49. The molecule has 0 fully saturated rings. The zero-order valence-electron chi connectivity index (χ0n) is 7.18. The molecule has 0 atom stereocenters. The van der Waals surface area contributed by atoms with E-state index in [2.05, 4.69) is 4.98 Å². The van der Waals surface area contributed by atoms with Crippen molar-refractivity contribution >= 4 is 11.6 Å². The Balaban J connectivity index is 2.81. The summed E-state index contributed by atoms with van der Waals surface area (Å²) in [6.07, 6.45) is 3.62. The zero-order valence-corrected chi connectivity index (χ0v) is 7.93. The van der Waals surface area contributed by atoms with E-state index in [1.165, 1.54) is 0 Å². The normalized spacial score (nSPS) is 10.2. The first-order chi connectivity index (χ1) is 5.75. The lowest BCUT2D eigenvalue weighted by Crippen LogP contribution is -2.02. The van der Waals surface area contributed by atoms with Crippen LogP contribution in [-0.2, 0) is 6.42 Å². The summed E-state index contributed by atoms with van der Waals surface area (Å²) in [6.45, 7) is 2.67. The van der Waals surface area contributed by atoms with Crippen LogP contribution in [0.4, 0.5) is 0 Å². The quantitative estimate of drug-likeness (QED) is 0.780. The fourth-order valence-electron chi connectivity index (χ4n) is 1.14. The number of aromatic nitrogens is 1. The van der Waals surface area contributed by atoms with Crippen LogP contribution in [0.1, 0.15) is 17.7 Å². The Hall–Kier alpha value is -0.600. The minimum absolute atomic E-state index is 0.699. The largest absolute Gasteiger partial charge is 0.330 e. The number of halogens is 1. The third-order valence-corrected chi connectivity index (χ3v) is 2.20. The second-order valence-corrected chi connectivity index (χ2v) is 3.16. The van der Waals surface area contributed by atoms with Gasteiger partial charge in [-0.25, -0.2) is 0 Å². The van der Waals surface area contributed by atoms with Crippen molar-refractivity contribution in [3.8, 4) is 0 Å². The van der Waals surface area contributed by atoms with Crippen LogP contribution in [0.2, 0.25) is 5.02 Å². The number of hydrogen-bond donors (Lipinski definition) is 1. The predicted molar refractivity (Wildman–Crippen MR) is 51.4 cm³/mol. The molecule has 2 nitrogen and oxygen atoms in total. The number of pyridine rings is 1. The van der Waals surface area contributed by atoms with Crippen molar-refractivity contribution in [2.45, 2.75) is 19.8 Å². The lowest BCUT2D eigenvalue weighted by molar-refractivity contribution is 0.821. The average Bonchev–Trinajstić information content (AvgIpc) is 2.04. The molecule has 0 amide bonds. The molecule has 0 unspecified atom stereocenters. The standard InChI is InChI=1S/C9H13ClN2/c1-7-8(3-2-5-11)9(10)4-6-12-7/h4,6H,2-3,5,11H2,1H3. The van der Waals surface area contributed by atoms with Crippen LogP contribution in [0.5, 0.6) is 0 Å². The van der Waals surface area contributed by atoms with E-state index < -0.39 is 0 Å². The van der Waals surface area contributed by atoms with Crippen LogP contribution >= 0.6 is 11.6 Å². The Labute approximate surface area is 77.8 Å². The van der Waals surface area contributed by atoms with Crippen molar-refractivity contribution in [2.75, 3.05) is 6.54 Å². The smallest absolute Gasteiger partial charge is 0.0471 e. The average molecular weight is 185 g/mol. The van der Waals surface area contributed by atoms with Gasteiger partial charge in [-0.15, -0.1) is 0 Å². The van der Waals surface area contributed by atoms with Gasteiger partial charge in [0.05, 0.1) is 0 Å². The Kier molecular flexibility index (Phi) is 3.50. The molecule has 0 radical (unpaired) electrons. The number of rotatable bonds is 3. The molecule has 0 spiro atoms. The van der Waals surface area contributed by atoms with Crippen LogP contribution in [0.25, 0.3) is 0 Å². The van der Waals surface area contributed by atoms with E-state index >= 15 is 0 Å². The van der Waals surface area contributed by atoms with Gasteiger partial charge in [0.1, 0.15) is 0 Å². The topological polar surface area (TPSA) is 38.9 Å². The minimum atomic E-state index is 0.699. The third kappa shape index (κ3) is 2.19. The second-order valence-electron chi connectivity index (χ2n) is 2.75. The van der Waals surface area contributed by atoms with Gasteiger partial charge in [-0.1, -0.05) is 11.6 Å². The molecule has 0 aliphatic heterocycles. The number of hydrogen-bond acceptors (Lipinski definition) is 2. The van der Waals surface area contributed by atoms with Gasteiger partial charge in [-0.3, -0.25) is 4.98 Å². The summed E-state index contributed by atoms with van der Waals surface area (Å²) in [5.41, 5.74) is 7.55. The summed E-state index contributed by atoms with van der Waals surface area (Å²) in [5, 5.41) is 0.802. The summed E-state index contributed by atoms with van der Waals surface area (Å²) < 4.78 is 0. The number of nitrogens with two attached hydrogens (primary N) is 1. The Morgan fingerprint density at radius 2 is 2.33 bits per heavy atom. The van der Waals surface area contributed by atoms with Gasteiger partial charge < -0.3 is 5.73 Å². The summed E-state index contributed by atoms with van der Waals surface area (Å²) in [5.74, 6) is 0. The molecule has 0 bridgehead atoms. The predicted octanol–water partition coefficient (Wildman–Crippen LogP) is 1.93. The highest BCUT2D eigenvalue weighted by atomic mass is 35.5. The Morgan fingerprint density at radius 1 is 1.58 bits per heavy atom. The molecular weight excluding hydrogens is 172 g/mol. The van der Waals surface area contributed by atoms with Crippen LogP contribution in [0.15, 0.2) is 12.3 Å². The molecule has 12 heavy (non-hydrogen) atoms. The first-order valence-electron chi connectivity index (χ1n) is 4.05. The van der Waals surface area contributed by atoms with Crippen molar-refractivity contribution in [3.63, 3.8) is 0 Å². The molecule has 0 saturated heterocycles. The summed E-state index contributed by atoms with van der Waals surface area (Å²) >= 11 is 5.98. The second kappa shape index (κ2) is 4.43. The molecule has 2 N–H and O–H groups in total. The molecule has 0 aliphatic rings. The van der Waals surface area contributed by atoms with Gasteiger partial charge in [0, 0.05) is 16.9 Å². The summed E-state index contributed by atoms with van der Waals surface area (Å²) in [7, 11) is 0. The van der Waals surface area contributed by atoms with E-state index in [9.17, 15) is 0 Å². The molecule has 0 aromatic carbocycles. The van der Waals surface area contributed by atoms with Crippen LogP contribution in [0, 0.1) is 6.92 Å². The van der Waals surface area contributed by atoms with Gasteiger partial charge >= 0.3 is 0 Å². The third-order valence-electron chi connectivity index (χ3n) is 1.84. The van der Waals surface area contributed by atoms with Crippen molar-refractivity contribution in [1.29, 1.82) is 0 Å². The lowest BCUT2D eigenvalue weighted by Gasteiger charge is -2.05. The van der Waals surface area contributed by atoms with Gasteiger partial charge in [-0.2, -0.15) is 0 Å². The Bertz CT molecular complexity index is 240. The molecule has 1 aromatic heterocycles. The van der Waals surface area contributed by atoms with Crippen molar-refractivity contribution in [3.05, 3.63) is 28.5 Å². The van der Waals surface area contributed by atoms with Crippen LogP contribution in [-0.4, -0.2) is 11.5 Å². The maximum Gasteiger partial charge on any atom is 0.0471 e. The van der Waals surface area contributed by atoms with E-state index in [1.54, 1.807) is 6.20 Å². The number of aryl methyl sites for hydroxylation is 1. The van der Waals surface area contributed by atoms with Crippen LogP contribution in [0.3, 0.4) is 0 Å². The molecule has 0 aliphatic carbocycles. The van der Waals surface area contributed by atoms with Crippen molar-refractivity contribution in [2.24, 2.45) is 5.73 Å². The van der Waals surface area contributed by atoms with E-state index in [1.807, 2.05) is 13.0 Å². The summed E-state index contributed by atoms with van der Waals surface area (Å²) in [6, 6.07) is 1.82. The van der Waals surface area contributed by atoms with Gasteiger partial charge in [-0.05, 0) is 37.9 Å². The monoisotopic (exact) mass is 184 g/mol. The minimum Gasteiger partial charge on any atom is -0.330 e. The molecule has 66 valence electrons. The summed E-state index contributed by atoms with van der Waals surface area (Å²) in [4.78, 5) is 4.17. The van der Waals surface area contributed by atoms with Gasteiger partial charge in [0.2, 0.25) is 0 Å². The maximum absolute atomic E-state index is 5.98. The first-order valence-corrected chi connectivity index (χ1v) is 4.43.